The minimum absolute atomic E-state index is 0. The third-order valence-electron chi connectivity index (χ3n) is 3.98. The summed E-state index contributed by atoms with van der Waals surface area (Å²) in [5.74, 6) is 1.73. The van der Waals surface area contributed by atoms with E-state index in [4.69, 9.17) is 4.74 Å². The molecule has 7 heteroatoms. The summed E-state index contributed by atoms with van der Waals surface area (Å²) in [5, 5.41) is 3.25. The van der Waals surface area contributed by atoms with Crippen molar-refractivity contribution in [3.8, 4) is 5.75 Å². The maximum atomic E-state index is 12.3. The molecule has 0 aliphatic carbocycles. The van der Waals surface area contributed by atoms with Gasteiger partial charge in [0.2, 0.25) is 5.91 Å². The number of carbonyl (C=O) groups is 1. The second-order valence-electron chi connectivity index (χ2n) is 5.76. The fourth-order valence-corrected chi connectivity index (χ4v) is 2.54. The van der Waals surface area contributed by atoms with Crippen molar-refractivity contribution in [3.05, 3.63) is 29.8 Å². The van der Waals surface area contributed by atoms with Crippen molar-refractivity contribution in [2.45, 2.75) is 27.2 Å². The Hall–Kier alpha value is -1.51. The molecule has 26 heavy (non-hydrogen) atoms. The molecule has 0 fully saturated rings. The number of nitrogens with one attached hydrogen (secondary N) is 1. The molecular formula is C19H33IN4O2. The van der Waals surface area contributed by atoms with E-state index < -0.39 is 0 Å². The van der Waals surface area contributed by atoms with Crippen LogP contribution in [0.1, 0.15) is 26.3 Å². The van der Waals surface area contributed by atoms with E-state index >= 15 is 0 Å². The van der Waals surface area contributed by atoms with Crippen LogP contribution in [0.3, 0.4) is 0 Å². The minimum Gasteiger partial charge on any atom is -0.497 e. The summed E-state index contributed by atoms with van der Waals surface area (Å²) >= 11 is 0. The Morgan fingerprint density at radius 2 is 1.92 bits per heavy atom. The first-order valence-electron chi connectivity index (χ1n) is 8.95. The molecule has 0 unspecified atom stereocenters. The van der Waals surface area contributed by atoms with E-state index in [2.05, 4.69) is 16.4 Å². The van der Waals surface area contributed by atoms with Crippen molar-refractivity contribution in [2.24, 2.45) is 4.99 Å². The molecule has 0 bridgehead atoms. The number of methoxy groups -OCH3 is 1. The van der Waals surface area contributed by atoms with E-state index in [1.165, 1.54) is 5.56 Å². The molecule has 0 aromatic heterocycles. The number of benzene rings is 1. The predicted octanol–water partition coefficient (Wildman–Crippen LogP) is 2.62. The van der Waals surface area contributed by atoms with Gasteiger partial charge in [-0.3, -0.25) is 9.79 Å². The highest BCUT2D eigenvalue weighted by atomic mass is 127. The van der Waals surface area contributed by atoms with E-state index in [-0.39, 0.29) is 29.9 Å². The Kier molecular flexibility index (Phi) is 12.9. The summed E-state index contributed by atoms with van der Waals surface area (Å²) in [6.07, 6.45) is 0.823. The Morgan fingerprint density at radius 3 is 2.50 bits per heavy atom. The number of carbonyl (C=O) groups excluding carboxylic acids is 1. The van der Waals surface area contributed by atoms with Gasteiger partial charge in [-0.2, -0.15) is 0 Å². The zero-order chi connectivity index (χ0) is 18.7. The minimum atomic E-state index is 0. The number of likely N-dealkylation sites (N-methyl/N-ethyl adjacent to an activating group) is 2. The highest BCUT2D eigenvalue weighted by Gasteiger charge is 2.14. The summed E-state index contributed by atoms with van der Waals surface area (Å²) in [6.45, 7) is 9.22. The molecule has 0 saturated heterocycles. The number of hydrogen-bond donors (Lipinski definition) is 1. The normalized spacial score (nSPS) is 10.7. The highest BCUT2D eigenvalue weighted by Crippen LogP contribution is 2.12. The van der Waals surface area contributed by atoms with Gasteiger partial charge in [0, 0.05) is 33.2 Å². The van der Waals surface area contributed by atoms with Crippen molar-refractivity contribution in [1.82, 2.24) is 15.1 Å². The summed E-state index contributed by atoms with van der Waals surface area (Å²) < 4.78 is 5.25. The number of hydrogen-bond acceptors (Lipinski definition) is 3. The van der Waals surface area contributed by atoms with E-state index in [0.717, 1.165) is 37.8 Å². The number of amides is 1. The molecular weight excluding hydrogens is 443 g/mol. The van der Waals surface area contributed by atoms with Gasteiger partial charge in [0.05, 0.1) is 13.7 Å². The second-order valence-corrected chi connectivity index (χ2v) is 5.76. The molecule has 148 valence electrons. The maximum absolute atomic E-state index is 12.3. The van der Waals surface area contributed by atoms with Gasteiger partial charge >= 0.3 is 0 Å². The first-order valence-corrected chi connectivity index (χ1v) is 8.95. The van der Waals surface area contributed by atoms with Crippen LogP contribution in [0.25, 0.3) is 0 Å². The van der Waals surface area contributed by atoms with Crippen LogP contribution in [0.2, 0.25) is 0 Å². The van der Waals surface area contributed by atoms with Gasteiger partial charge in [-0.25, -0.2) is 0 Å². The average Bonchev–Trinajstić information content (AvgIpc) is 2.62. The van der Waals surface area contributed by atoms with Crippen LogP contribution < -0.4 is 10.1 Å². The molecule has 6 nitrogen and oxygen atoms in total. The van der Waals surface area contributed by atoms with Gasteiger partial charge in [0.25, 0.3) is 0 Å². The van der Waals surface area contributed by atoms with Gasteiger partial charge in [0.15, 0.2) is 5.96 Å². The van der Waals surface area contributed by atoms with Gasteiger partial charge < -0.3 is 19.9 Å². The van der Waals surface area contributed by atoms with Crippen molar-refractivity contribution < 1.29 is 9.53 Å². The quantitative estimate of drug-likeness (QED) is 0.338. The molecule has 0 aliphatic rings. The van der Waals surface area contributed by atoms with Gasteiger partial charge in [0.1, 0.15) is 5.75 Å². The molecule has 0 spiro atoms. The Morgan fingerprint density at radius 1 is 1.23 bits per heavy atom. The monoisotopic (exact) mass is 476 g/mol. The standard InChI is InChI=1S/C19H32N4O2.HI/c1-6-20-19(22(4)15-18(24)23(7-2)8-3)21-13-12-16-10-9-11-17(14-16)25-5;/h9-11,14H,6-8,12-13,15H2,1-5H3,(H,20,21);1H. The topological polar surface area (TPSA) is 57.2 Å². The Bertz CT molecular complexity index is 562. The van der Waals surface area contributed by atoms with Crippen LogP contribution in [0, 0.1) is 0 Å². The number of guanidine groups is 1. The molecule has 0 aliphatic heterocycles. The van der Waals surface area contributed by atoms with Crippen LogP contribution in [0.15, 0.2) is 29.3 Å². The zero-order valence-electron chi connectivity index (χ0n) is 16.6. The number of rotatable bonds is 9. The lowest BCUT2D eigenvalue weighted by Crippen LogP contribution is -2.45. The van der Waals surface area contributed by atoms with Crippen LogP contribution in [0.4, 0.5) is 0 Å². The van der Waals surface area contributed by atoms with E-state index in [9.17, 15) is 4.79 Å². The lowest BCUT2D eigenvalue weighted by atomic mass is 10.1. The van der Waals surface area contributed by atoms with Gasteiger partial charge in [-0.15, -0.1) is 24.0 Å². The Labute approximate surface area is 175 Å². The summed E-state index contributed by atoms with van der Waals surface area (Å²) in [7, 11) is 3.57. The molecule has 0 heterocycles. The number of halogens is 1. The molecule has 1 aromatic rings. The Balaban J connectivity index is 0.00000625. The first-order chi connectivity index (χ1) is 12.0. The smallest absolute Gasteiger partial charge is 0.242 e. The third kappa shape index (κ3) is 8.25. The molecule has 1 amide bonds. The van der Waals surface area contributed by atoms with E-state index in [1.54, 1.807) is 7.11 Å². The van der Waals surface area contributed by atoms with Gasteiger partial charge in [-0.1, -0.05) is 12.1 Å². The second kappa shape index (κ2) is 13.7. The fourth-order valence-electron chi connectivity index (χ4n) is 2.54. The summed E-state index contributed by atoms with van der Waals surface area (Å²) in [5.41, 5.74) is 1.18. The van der Waals surface area contributed by atoms with Gasteiger partial charge in [-0.05, 0) is 44.9 Å². The van der Waals surface area contributed by atoms with E-state index in [1.807, 2.05) is 55.8 Å². The molecule has 1 rings (SSSR count). The number of nitrogens with zero attached hydrogens (tertiary/aromatic N) is 3. The molecule has 0 radical (unpaired) electrons. The van der Waals surface area contributed by atoms with Crippen molar-refractivity contribution in [2.75, 3.05) is 46.9 Å². The van der Waals surface area contributed by atoms with E-state index in [0.29, 0.717) is 13.1 Å². The zero-order valence-corrected chi connectivity index (χ0v) is 18.9. The molecule has 0 atom stereocenters. The highest BCUT2D eigenvalue weighted by molar-refractivity contribution is 14.0. The van der Waals surface area contributed by atoms with Crippen molar-refractivity contribution >= 4 is 35.8 Å². The summed E-state index contributed by atoms with van der Waals surface area (Å²) in [4.78, 5) is 20.6. The summed E-state index contributed by atoms with van der Waals surface area (Å²) in [6, 6.07) is 8.01. The van der Waals surface area contributed by atoms with Crippen LogP contribution in [-0.2, 0) is 11.2 Å². The lowest BCUT2D eigenvalue weighted by Gasteiger charge is -2.25. The molecule has 1 aromatic carbocycles. The number of ether oxygens (including phenoxy) is 1. The molecule has 1 N–H and O–H groups in total. The lowest BCUT2D eigenvalue weighted by molar-refractivity contribution is -0.131. The van der Waals surface area contributed by atoms with Crippen molar-refractivity contribution in [1.29, 1.82) is 0 Å². The maximum Gasteiger partial charge on any atom is 0.242 e. The van der Waals surface area contributed by atoms with Crippen LogP contribution >= 0.6 is 24.0 Å². The average molecular weight is 476 g/mol. The number of aliphatic imine (C=N–C) groups is 1. The fraction of sp³-hybridized carbons (Fsp3) is 0.579. The predicted molar refractivity (Wildman–Crippen MR) is 119 cm³/mol. The third-order valence-corrected chi connectivity index (χ3v) is 3.98. The SMILES string of the molecule is CCNC(=NCCc1cccc(OC)c1)N(C)CC(=O)N(CC)CC.I. The molecule has 0 saturated carbocycles. The van der Waals surface area contributed by atoms with Crippen LogP contribution in [-0.4, -0.2) is 68.5 Å². The largest absolute Gasteiger partial charge is 0.497 e. The van der Waals surface area contributed by atoms with Crippen molar-refractivity contribution in [3.63, 3.8) is 0 Å². The van der Waals surface area contributed by atoms with Crippen LogP contribution in [0.5, 0.6) is 5.75 Å². The first kappa shape index (κ1) is 24.5.